The topological polar surface area (TPSA) is 78.2 Å². The zero-order chi connectivity index (χ0) is 13.1. The third-order valence-corrected chi connectivity index (χ3v) is 2.46. The highest BCUT2D eigenvalue weighted by Crippen LogP contribution is 2.33. The van der Waals surface area contributed by atoms with Gasteiger partial charge in [0, 0.05) is 12.3 Å². The monoisotopic (exact) mass is 265 g/mol. The van der Waals surface area contributed by atoms with Crippen LogP contribution in [0.5, 0.6) is 5.75 Å². The average molecular weight is 266 g/mol. The number of methoxy groups -OCH3 is 1. The van der Waals surface area contributed by atoms with Gasteiger partial charge in [0.2, 0.25) is 0 Å². The highest BCUT2D eigenvalue weighted by atomic mass is 35.5. The Morgan fingerprint density at radius 1 is 1.33 bits per heavy atom. The van der Waals surface area contributed by atoms with E-state index >= 15 is 0 Å². The van der Waals surface area contributed by atoms with E-state index < -0.39 is 4.92 Å². The number of nitrogens with zero attached hydrogens (tertiary/aromatic N) is 3. The highest BCUT2D eigenvalue weighted by Gasteiger charge is 2.21. The lowest BCUT2D eigenvalue weighted by molar-refractivity contribution is -0.384. The maximum Gasteiger partial charge on any atom is 0.297 e. The quantitative estimate of drug-likeness (QED) is 0.484. The van der Waals surface area contributed by atoms with Crippen LogP contribution in [0.3, 0.4) is 0 Å². The molecule has 2 rings (SSSR count). The molecule has 0 fully saturated rings. The molecule has 92 valence electrons. The Labute approximate surface area is 107 Å². The first-order valence-electron chi connectivity index (χ1n) is 4.94. The predicted octanol–water partition coefficient (Wildman–Crippen LogP) is 2.71. The Hall–Kier alpha value is -2.21. The molecular weight excluding hydrogens is 258 g/mol. The fourth-order valence-electron chi connectivity index (χ4n) is 1.48. The van der Waals surface area contributed by atoms with Crippen molar-refractivity contribution in [2.75, 3.05) is 7.11 Å². The fourth-order valence-corrected chi connectivity index (χ4v) is 1.63. The van der Waals surface area contributed by atoms with E-state index in [4.69, 9.17) is 16.3 Å². The molecule has 0 aliphatic carbocycles. The minimum absolute atomic E-state index is 0.0879. The Kier molecular flexibility index (Phi) is 3.38. The van der Waals surface area contributed by atoms with Gasteiger partial charge in [-0.25, -0.2) is 4.98 Å². The smallest absolute Gasteiger partial charge is 0.297 e. The molecule has 0 N–H and O–H groups in total. The van der Waals surface area contributed by atoms with Crippen LogP contribution < -0.4 is 4.74 Å². The van der Waals surface area contributed by atoms with Crippen LogP contribution in [-0.4, -0.2) is 22.0 Å². The summed E-state index contributed by atoms with van der Waals surface area (Å²) in [5.41, 5.74) is 0.204. The summed E-state index contributed by atoms with van der Waals surface area (Å²) >= 11 is 5.76. The maximum absolute atomic E-state index is 11.0. The number of aromatic nitrogens is 2. The number of nitro groups is 1. The molecule has 2 aromatic rings. The van der Waals surface area contributed by atoms with Gasteiger partial charge in [-0.05, 0) is 18.2 Å². The molecule has 0 aromatic carbocycles. The molecule has 0 bridgehead atoms. The number of ether oxygens (including phenoxy) is 1. The van der Waals surface area contributed by atoms with E-state index in [9.17, 15) is 10.1 Å². The molecular formula is C11H8ClN3O3. The Morgan fingerprint density at radius 3 is 2.78 bits per heavy atom. The van der Waals surface area contributed by atoms with Crippen LogP contribution in [0.25, 0.3) is 11.4 Å². The fraction of sp³-hybridized carbons (Fsp3) is 0.0909. The Balaban J connectivity index is 2.69. The van der Waals surface area contributed by atoms with Gasteiger partial charge in [-0.1, -0.05) is 11.6 Å². The van der Waals surface area contributed by atoms with Crippen molar-refractivity contribution >= 4 is 17.3 Å². The Bertz CT molecular complexity index is 604. The average Bonchev–Trinajstić information content (AvgIpc) is 2.38. The van der Waals surface area contributed by atoms with E-state index in [1.165, 1.54) is 25.4 Å². The van der Waals surface area contributed by atoms with Gasteiger partial charge in [-0.3, -0.25) is 15.1 Å². The number of hydrogen-bond acceptors (Lipinski definition) is 5. The van der Waals surface area contributed by atoms with Crippen LogP contribution in [0.1, 0.15) is 0 Å². The van der Waals surface area contributed by atoms with Gasteiger partial charge in [-0.2, -0.15) is 0 Å². The molecule has 6 nitrogen and oxygen atoms in total. The van der Waals surface area contributed by atoms with Gasteiger partial charge in [0.15, 0.2) is 5.69 Å². The summed E-state index contributed by atoms with van der Waals surface area (Å²) in [7, 11) is 1.46. The lowest BCUT2D eigenvalue weighted by Crippen LogP contribution is -1.98. The van der Waals surface area contributed by atoms with Crippen molar-refractivity contribution in [2.24, 2.45) is 0 Å². The minimum atomic E-state index is -0.535. The lowest BCUT2D eigenvalue weighted by atomic mass is 10.2. The third-order valence-electron chi connectivity index (χ3n) is 2.25. The first-order chi connectivity index (χ1) is 8.63. The van der Waals surface area contributed by atoms with Crippen molar-refractivity contribution in [3.05, 3.63) is 45.7 Å². The highest BCUT2D eigenvalue weighted by molar-refractivity contribution is 6.29. The van der Waals surface area contributed by atoms with Crippen molar-refractivity contribution in [1.82, 2.24) is 9.97 Å². The van der Waals surface area contributed by atoms with Gasteiger partial charge in [0.1, 0.15) is 16.6 Å². The van der Waals surface area contributed by atoms with E-state index in [0.29, 0.717) is 5.75 Å². The zero-order valence-electron chi connectivity index (χ0n) is 9.33. The third kappa shape index (κ3) is 2.23. The summed E-state index contributed by atoms with van der Waals surface area (Å²) in [5.74, 6) is 0.398. The molecule has 0 radical (unpaired) electrons. The van der Waals surface area contributed by atoms with Crippen molar-refractivity contribution in [1.29, 1.82) is 0 Å². The summed E-state index contributed by atoms with van der Waals surface area (Å²) in [6.45, 7) is 0. The Morgan fingerprint density at radius 2 is 2.11 bits per heavy atom. The zero-order valence-corrected chi connectivity index (χ0v) is 10.1. The number of pyridine rings is 2. The second-order valence-electron chi connectivity index (χ2n) is 3.31. The number of halogens is 1. The normalized spacial score (nSPS) is 10.1. The second kappa shape index (κ2) is 4.97. The van der Waals surface area contributed by atoms with Crippen LogP contribution in [0.4, 0.5) is 5.69 Å². The number of hydrogen-bond donors (Lipinski definition) is 0. The molecule has 0 atom stereocenters. The molecule has 18 heavy (non-hydrogen) atoms. The molecule has 2 heterocycles. The summed E-state index contributed by atoms with van der Waals surface area (Å²) in [5, 5.41) is 11.1. The van der Waals surface area contributed by atoms with E-state index in [1.807, 2.05) is 0 Å². The van der Waals surface area contributed by atoms with Gasteiger partial charge in [-0.15, -0.1) is 0 Å². The van der Waals surface area contributed by atoms with Crippen LogP contribution >= 0.6 is 11.6 Å². The maximum atomic E-state index is 11.0. The summed E-state index contributed by atoms with van der Waals surface area (Å²) in [6.07, 6.45) is 1.50. The van der Waals surface area contributed by atoms with Gasteiger partial charge in [0.25, 0.3) is 5.69 Å². The van der Waals surface area contributed by atoms with Gasteiger partial charge < -0.3 is 4.74 Å². The van der Waals surface area contributed by atoms with E-state index in [1.54, 1.807) is 12.1 Å². The summed E-state index contributed by atoms with van der Waals surface area (Å²) < 4.78 is 5.11. The molecule has 2 aromatic heterocycles. The van der Waals surface area contributed by atoms with Crippen LogP contribution in [-0.2, 0) is 0 Å². The summed E-state index contributed by atoms with van der Waals surface area (Å²) in [6, 6.07) is 5.96. The molecule has 0 saturated carbocycles. The molecule has 0 saturated heterocycles. The van der Waals surface area contributed by atoms with E-state index in [2.05, 4.69) is 9.97 Å². The van der Waals surface area contributed by atoms with Crippen molar-refractivity contribution < 1.29 is 9.66 Å². The molecule has 0 aliphatic rings. The number of rotatable bonds is 3. The van der Waals surface area contributed by atoms with Crippen molar-refractivity contribution in [2.45, 2.75) is 0 Å². The predicted molar refractivity (Wildman–Crippen MR) is 65.7 cm³/mol. The second-order valence-corrected chi connectivity index (χ2v) is 3.70. The van der Waals surface area contributed by atoms with Crippen LogP contribution in [0.2, 0.25) is 5.15 Å². The van der Waals surface area contributed by atoms with E-state index in [-0.39, 0.29) is 22.2 Å². The lowest BCUT2D eigenvalue weighted by Gasteiger charge is -2.06. The summed E-state index contributed by atoms with van der Waals surface area (Å²) in [4.78, 5) is 18.4. The largest absolute Gasteiger partial charge is 0.494 e. The van der Waals surface area contributed by atoms with Crippen LogP contribution in [0, 0.1) is 10.1 Å². The standard InChI is InChI=1S/C11H8ClN3O3/c1-18-8-3-2-6-13-11(8)10-7(15(16)17)4-5-9(12)14-10/h2-6H,1H3. The van der Waals surface area contributed by atoms with Gasteiger partial charge >= 0.3 is 0 Å². The molecule has 7 heteroatoms. The first kappa shape index (κ1) is 12.3. The van der Waals surface area contributed by atoms with E-state index in [0.717, 1.165) is 0 Å². The van der Waals surface area contributed by atoms with Crippen molar-refractivity contribution in [3.63, 3.8) is 0 Å². The first-order valence-corrected chi connectivity index (χ1v) is 5.31. The van der Waals surface area contributed by atoms with Gasteiger partial charge in [0.05, 0.1) is 12.0 Å². The molecule has 0 aliphatic heterocycles. The van der Waals surface area contributed by atoms with Crippen LogP contribution in [0.15, 0.2) is 30.5 Å². The molecule has 0 spiro atoms. The SMILES string of the molecule is COc1cccnc1-c1nc(Cl)ccc1[N+](=O)[O-]. The molecule has 0 unspecified atom stereocenters. The minimum Gasteiger partial charge on any atom is -0.494 e. The van der Waals surface area contributed by atoms with Crippen molar-refractivity contribution in [3.8, 4) is 17.1 Å². The molecule has 0 amide bonds.